The number of likely N-dealkylation sites (tertiary alicyclic amines) is 1. The molecule has 2 unspecified atom stereocenters. The number of ether oxygens (including phenoxy) is 1. The van der Waals surface area contributed by atoms with E-state index in [2.05, 4.69) is 12.2 Å². The van der Waals surface area contributed by atoms with Crippen molar-refractivity contribution in [1.82, 2.24) is 10.2 Å². The van der Waals surface area contributed by atoms with Crippen molar-refractivity contribution in [1.29, 1.82) is 0 Å². The molecule has 0 aromatic rings. The van der Waals surface area contributed by atoms with Crippen LogP contribution in [-0.4, -0.2) is 66.5 Å². The number of hydrogen-bond donors (Lipinski definition) is 2. The summed E-state index contributed by atoms with van der Waals surface area (Å²) in [5.41, 5.74) is -0.285. The van der Waals surface area contributed by atoms with Gasteiger partial charge < -0.3 is 15.2 Å². The second-order valence-corrected chi connectivity index (χ2v) is 6.16. The van der Waals surface area contributed by atoms with Gasteiger partial charge in [0, 0.05) is 12.1 Å². The Labute approximate surface area is 113 Å². The van der Waals surface area contributed by atoms with Crippen molar-refractivity contribution in [2.24, 2.45) is 0 Å². The highest BCUT2D eigenvalue weighted by molar-refractivity contribution is 4.96. The van der Waals surface area contributed by atoms with E-state index in [9.17, 15) is 13.9 Å². The largest absolute Gasteiger partial charge is 0.394 e. The topological polar surface area (TPSA) is 44.7 Å². The smallest absolute Gasteiger partial charge is 0.272 e. The molecule has 0 saturated carbocycles. The summed E-state index contributed by atoms with van der Waals surface area (Å²) in [6.45, 7) is 5.01. The molecule has 2 saturated heterocycles. The van der Waals surface area contributed by atoms with E-state index in [1.54, 1.807) is 0 Å². The van der Waals surface area contributed by atoms with Gasteiger partial charge in [0.15, 0.2) is 0 Å². The molecular weight excluding hydrogens is 254 g/mol. The monoisotopic (exact) mass is 278 g/mol. The average molecular weight is 278 g/mol. The van der Waals surface area contributed by atoms with Crippen LogP contribution in [0.2, 0.25) is 0 Å². The van der Waals surface area contributed by atoms with Crippen LogP contribution in [0.5, 0.6) is 0 Å². The molecule has 2 rings (SSSR count). The fourth-order valence-corrected chi connectivity index (χ4v) is 2.70. The molecule has 2 N–H and O–H groups in total. The number of hydrogen-bond acceptors (Lipinski definition) is 4. The summed E-state index contributed by atoms with van der Waals surface area (Å²) in [4.78, 5) is 1.82. The van der Waals surface area contributed by atoms with Gasteiger partial charge in [-0.05, 0) is 26.7 Å². The van der Waals surface area contributed by atoms with E-state index in [1.807, 2.05) is 11.8 Å². The average Bonchev–Trinajstić information content (AvgIpc) is 2.27. The summed E-state index contributed by atoms with van der Waals surface area (Å²) in [7, 11) is 0. The van der Waals surface area contributed by atoms with Crippen LogP contribution < -0.4 is 5.32 Å². The fourth-order valence-electron chi connectivity index (χ4n) is 2.70. The number of alkyl halides is 2. The van der Waals surface area contributed by atoms with Crippen molar-refractivity contribution in [2.75, 3.05) is 32.9 Å². The lowest BCUT2D eigenvalue weighted by Crippen LogP contribution is -2.65. The minimum atomic E-state index is -2.48. The van der Waals surface area contributed by atoms with E-state index >= 15 is 0 Å². The first kappa shape index (κ1) is 15.1. The van der Waals surface area contributed by atoms with Crippen LogP contribution in [0.1, 0.15) is 26.7 Å². The van der Waals surface area contributed by atoms with Gasteiger partial charge in [-0.3, -0.25) is 4.90 Å². The second kappa shape index (κ2) is 5.60. The molecule has 6 heteroatoms. The van der Waals surface area contributed by atoms with Gasteiger partial charge >= 0.3 is 0 Å². The lowest BCUT2D eigenvalue weighted by atomic mass is 9.95. The number of aliphatic hydroxyl groups excluding tert-OH is 1. The molecule has 0 radical (unpaired) electrons. The highest BCUT2D eigenvalue weighted by Gasteiger charge is 2.45. The summed E-state index contributed by atoms with van der Waals surface area (Å²) >= 11 is 0. The van der Waals surface area contributed by atoms with Crippen LogP contribution in [0.25, 0.3) is 0 Å². The summed E-state index contributed by atoms with van der Waals surface area (Å²) < 4.78 is 30.7. The molecule has 4 nitrogen and oxygen atoms in total. The first-order chi connectivity index (χ1) is 8.86. The van der Waals surface area contributed by atoms with Gasteiger partial charge in [0.1, 0.15) is 0 Å². The van der Waals surface area contributed by atoms with Gasteiger partial charge in [-0.1, -0.05) is 0 Å². The second-order valence-electron chi connectivity index (χ2n) is 6.16. The highest BCUT2D eigenvalue weighted by Crippen LogP contribution is 2.29. The van der Waals surface area contributed by atoms with Gasteiger partial charge in [-0.15, -0.1) is 0 Å². The number of rotatable bonds is 7. The third kappa shape index (κ3) is 3.62. The Kier molecular flexibility index (Phi) is 4.45. The zero-order valence-electron chi connectivity index (χ0n) is 11.7. The Bertz CT molecular complexity index is 298. The first-order valence-electron chi connectivity index (χ1n) is 6.94. The molecule has 0 aromatic carbocycles. The van der Waals surface area contributed by atoms with Crippen molar-refractivity contribution in [3.05, 3.63) is 0 Å². The molecule has 2 fully saturated rings. The van der Waals surface area contributed by atoms with Crippen LogP contribution in [0.3, 0.4) is 0 Å². The van der Waals surface area contributed by atoms with Crippen LogP contribution in [0.4, 0.5) is 8.78 Å². The standard InChI is InChI=1S/C13H24F2N2O2/c1-10(16-12(7-18)8-19-9-12)3-4-11(2)17-5-13(14,15)6-17/h10-11,16,18H,3-9H2,1-2H3. The van der Waals surface area contributed by atoms with Gasteiger partial charge in [0.25, 0.3) is 5.92 Å². The van der Waals surface area contributed by atoms with Gasteiger partial charge in [-0.25, -0.2) is 8.78 Å². The molecule has 0 aliphatic carbocycles. The number of aliphatic hydroxyl groups is 1. The maximum Gasteiger partial charge on any atom is 0.272 e. The minimum Gasteiger partial charge on any atom is -0.394 e. The Balaban J connectivity index is 1.65. The van der Waals surface area contributed by atoms with Crippen molar-refractivity contribution in [3.63, 3.8) is 0 Å². The maximum atomic E-state index is 12.8. The highest BCUT2D eigenvalue weighted by atomic mass is 19.3. The van der Waals surface area contributed by atoms with Crippen molar-refractivity contribution >= 4 is 0 Å². The molecule has 2 heterocycles. The molecule has 0 amide bonds. The summed E-state index contributed by atoms with van der Waals surface area (Å²) in [6, 6.07) is 0.437. The van der Waals surface area contributed by atoms with Crippen molar-refractivity contribution < 1.29 is 18.6 Å². The van der Waals surface area contributed by atoms with E-state index < -0.39 is 5.92 Å². The van der Waals surface area contributed by atoms with E-state index in [0.717, 1.165) is 12.8 Å². The van der Waals surface area contributed by atoms with E-state index in [1.165, 1.54) is 0 Å². The number of nitrogens with zero attached hydrogens (tertiary/aromatic N) is 1. The Morgan fingerprint density at radius 3 is 2.32 bits per heavy atom. The van der Waals surface area contributed by atoms with Gasteiger partial charge in [-0.2, -0.15) is 0 Å². The normalized spacial score (nSPS) is 28.3. The maximum absolute atomic E-state index is 12.8. The van der Waals surface area contributed by atoms with Gasteiger partial charge in [0.2, 0.25) is 0 Å². The number of nitrogens with one attached hydrogen (secondary N) is 1. The zero-order chi connectivity index (χ0) is 14.1. The quantitative estimate of drug-likeness (QED) is 0.724. The van der Waals surface area contributed by atoms with Crippen LogP contribution in [0.15, 0.2) is 0 Å². The SMILES string of the molecule is CC(CCC(C)N1CC(F)(F)C1)NC1(CO)COC1. The molecule has 0 aromatic heterocycles. The lowest BCUT2D eigenvalue weighted by molar-refractivity contribution is -0.145. The Morgan fingerprint density at radius 2 is 1.89 bits per heavy atom. The van der Waals surface area contributed by atoms with Crippen LogP contribution in [-0.2, 0) is 4.74 Å². The summed E-state index contributed by atoms with van der Waals surface area (Å²) in [6.07, 6.45) is 1.79. The summed E-state index contributed by atoms with van der Waals surface area (Å²) in [5, 5.41) is 12.7. The molecule has 112 valence electrons. The first-order valence-corrected chi connectivity index (χ1v) is 6.94. The molecule has 0 spiro atoms. The Morgan fingerprint density at radius 1 is 1.26 bits per heavy atom. The third-order valence-corrected chi connectivity index (χ3v) is 4.12. The third-order valence-electron chi connectivity index (χ3n) is 4.12. The predicted octanol–water partition coefficient (Wildman–Crippen LogP) is 0.845. The van der Waals surface area contributed by atoms with Crippen molar-refractivity contribution in [3.8, 4) is 0 Å². The zero-order valence-corrected chi connectivity index (χ0v) is 11.7. The Hall–Kier alpha value is -0.300. The van der Waals surface area contributed by atoms with Gasteiger partial charge in [0.05, 0.1) is 38.4 Å². The molecule has 2 atom stereocenters. The summed E-state index contributed by atoms with van der Waals surface area (Å²) in [5.74, 6) is -2.48. The fraction of sp³-hybridized carbons (Fsp3) is 1.00. The molecular formula is C13H24F2N2O2. The molecule has 19 heavy (non-hydrogen) atoms. The van der Waals surface area contributed by atoms with Crippen LogP contribution in [0, 0.1) is 0 Å². The van der Waals surface area contributed by atoms with Crippen molar-refractivity contribution in [2.45, 2.75) is 50.2 Å². The van der Waals surface area contributed by atoms with E-state index in [-0.39, 0.29) is 37.3 Å². The number of halogens is 2. The molecule has 2 aliphatic heterocycles. The molecule has 2 aliphatic rings. The predicted molar refractivity (Wildman–Crippen MR) is 68.4 cm³/mol. The molecule has 0 bridgehead atoms. The lowest BCUT2D eigenvalue weighted by Gasteiger charge is -2.44. The van der Waals surface area contributed by atoms with Crippen LogP contribution >= 0.6 is 0 Å². The van der Waals surface area contributed by atoms with E-state index in [0.29, 0.717) is 13.2 Å². The minimum absolute atomic E-state index is 0.0746. The van der Waals surface area contributed by atoms with E-state index in [4.69, 9.17) is 4.74 Å².